The van der Waals surface area contributed by atoms with Crippen LogP contribution in [-0.2, 0) is 14.3 Å². The largest absolute Gasteiger partial charge is 0.505 e. The molecule has 2 aliphatic rings. The summed E-state index contributed by atoms with van der Waals surface area (Å²) in [6.45, 7) is 0. The van der Waals surface area contributed by atoms with E-state index in [-0.39, 0.29) is 6.42 Å². The SMILES string of the molecule is COC=C[C@@H]1[C@H](C/C=C\CCCC(=O)O)[C@@H]2CC[C@H]1O2. The van der Waals surface area contributed by atoms with Crippen LogP contribution >= 0.6 is 0 Å². The van der Waals surface area contributed by atoms with Crippen LogP contribution in [0.1, 0.15) is 38.5 Å². The van der Waals surface area contributed by atoms with Gasteiger partial charge in [0, 0.05) is 12.3 Å². The number of carboxylic acid groups (broad SMARTS) is 1. The van der Waals surface area contributed by atoms with Crippen LogP contribution in [0.4, 0.5) is 0 Å². The van der Waals surface area contributed by atoms with Crippen molar-refractivity contribution >= 4 is 5.97 Å². The smallest absolute Gasteiger partial charge is 0.303 e. The van der Waals surface area contributed by atoms with Crippen LogP contribution in [0, 0.1) is 11.8 Å². The van der Waals surface area contributed by atoms with Crippen LogP contribution < -0.4 is 0 Å². The first-order valence-corrected chi connectivity index (χ1v) is 7.44. The average molecular weight is 280 g/mol. The van der Waals surface area contributed by atoms with Crippen molar-refractivity contribution < 1.29 is 19.4 Å². The Kier molecular flexibility index (Phi) is 5.65. The van der Waals surface area contributed by atoms with E-state index in [1.54, 1.807) is 13.4 Å². The minimum atomic E-state index is -0.718. The van der Waals surface area contributed by atoms with Gasteiger partial charge in [0.05, 0.1) is 25.6 Å². The number of fused-ring (bicyclic) bond motifs is 2. The molecule has 0 amide bonds. The van der Waals surface area contributed by atoms with Gasteiger partial charge >= 0.3 is 5.97 Å². The minimum absolute atomic E-state index is 0.251. The lowest BCUT2D eigenvalue weighted by Crippen LogP contribution is -2.25. The molecule has 0 aliphatic carbocycles. The van der Waals surface area contributed by atoms with E-state index < -0.39 is 5.97 Å². The van der Waals surface area contributed by atoms with E-state index in [9.17, 15) is 4.79 Å². The molecule has 0 radical (unpaired) electrons. The van der Waals surface area contributed by atoms with E-state index in [2.05, 4.69) is 18.2 Å². The molecule has 0 spiro atoms. The summed E-state index contributed by atoms with van der Waals surface area (Å²) in [5.74, 6) is 0.276. The van der Waals surface area contributed by atoms with Crippen LogP contribution in [0.2, 0.25) is 0 Å². The highest BCUT2D eigenvalue weighted by molar-refractivity contribution is 5.66. The Hall–Kier alpha value is -1.29. The summed E-state index contributed by atoms with van der Waals surface area (Å²) in [7, 11) is 1.67. The Morgan fingerprint density at radius 2 is 2.15 bits per heavy atom. The van der Waals surface area contributed by atoms with Crippen molar-refractivity contribution in [1.82, 2.24) is 0 Å². The fourth-order valence-corrected chi connectivity index (χ4v) is 3.30. The van der Waals surface area contributed by atoms with Crippen molar-refractivity contribution in [3.05, 3.63) is 24.5 Å². The molecule has 4 atom stereocenters. The lowest BCUT2D eigenvalue weighted by atomic mass is 9.77. The maximum atomic E-state index is 10.4. The zero-order valence-electron chi connectivity index (χ0n) is 12.0. The highest BCUT2D eigenvalue weighted by Crippen LogP contribution is 2.45. The summed E-state index contributed by atoms with van der Waals surface area (Å²) < 4.78 is 11.0. The fourth-order valence-electron chi connectivity index (χ4n) is 3.30. The number of ether oxygens (including phenoxy) is 2. The van der Waals surface area contributed by atoms with Gasteiger partial charge in [-0.15, -0.1) is 0 Å². The molecule has 20 heavy (non-hydrogen) atoms. The van der Waals surface area contributed by atoms with Gasteiger partial charge in [0.2, 0.25) is 0 Å². The zero-order valence-corrected chi connectivity index (χ0v) is 12.0. The lowest BCUT2D eigenvalue weighted by Gasteiger charge is -2.24. The molecule has 2 bridgehead atoms. The summed E-state index contributed by atoms with van der Waals surface area (Å²) in [6, 6.07) is 0. The summed E-state index contributed by atoms with van der Waals surface area (Å²) in [4.78, 5) is 10.4. The van der Waals surface area contributed by atoms with Gasteiger partial charge in [-0.1, -0.05) is 12.2 Å². The average Bonchev–Trinajstić information content (AvgIpc) is 3.01. The van der Waals surface area contributed by atoms with Crippen LogP contribution in [0.5, 0.6) is 0 Å². The topological polar surface area (TPSA) is 55.8 Å². The first kappa shape index (κ1) is 15.1. The molecular weight excluding hydrogens is 256 g/mol. The van der Waals surface area contributed by atoms with Crippen molar-refractivity contribution in [2.24, 2.45) is 11.8 Å². The van der Waals surface area contributed by atoms with Crippen LogP contribution in [0.25, 0.3) is 0 Å². The summed E-state index contributed by atoms with van der Waals surface area (Å²) in [5.41, 5.74) is 0. The van der Waals surface area contributed by atoms with E-state index in [0.29, 0.717) is 30.5 Å². The number of aliphatic carboxylic acids is 1. The van der Waals surface area contributed by atoms with Crippen LogP contribution in [-0.4, -0.2) is 30.4 Å². The molecule has 0 aromatic rings. The van der Waals surface area contributed by atoms with Crippen LogP contribution in [0.15, 0.2) is 24.5 Å². The van der Waals surface area contributed by atoms with Gasteiger partial charge in [0.15, 0.2) is 0 Å². The number of methoxy groups -OCH3 is 1. The highest BCUT2D eigenvalue weighted by atomic mass is 16.5. The quantitative estimate of drug-likeness (QED) is 0.421. The van der Waals surface area contributed by atoms with Gasteiger partial charge in [0.1, 0.15) is 0 Å². The van der Waals surface area contributed by atoms with Gasteiger partial charge in [-0.2, -0.15) is 0 Å². The standard InChI is InChI=1S/C16H24O4/c1-19-11-10-13-12(14-8-9-15(13)20-14)6-4-2-3-5-7-16(17)18/h2,4,10-15H,3,5-9H2,1H3,(H,17,18)/b4-2-,11-10?/t12-,13+,14-,15+/m0/s1. The predicted molar refractivity (Wildman–Crippen MR) is 76.3 cm³/mol. The summed E-state index contributed by atoms with van der Waals surface area (Å²) in [6.07, 6.45) is 14.1. The molecule has 4 heteroatoms. The molecule has 1 N–H and O–H groups in total. The molecule has 2 fully saturated rings. The Balaban J connectivity index is 1.77. The highest BCUT2D eigenvalue weighted by Gasteiger charge is 2.46. The van der Waals surface area contributed by atoms with Crippen molar-refractivity contribution in [1.29, 1.82) is 0 Å². The second kappa shape index (κ2) is 7.48. The number of carboxylic acids is 1. The van der Waals surface area contributed by atoms with E-state index in [1.165, 1.54) is 6.42 Å². The molecule has 0 saturated carbocycles. The number of unbranched alkanes of at least 4 members (excludes halogenated alkanes) is 1. The first-order chi connectivity index (χ1) is 9.72. The van der Waals surface area contributed by atoms with Crippen molar-refractivity contribution in [3.8, 4) is 0 Å². The van der Waals surface area contributed by atoms with Crippen molar-refractivity contribution in [2.75, 3.05) is 7.11 Å². The molecule has 4 nitrogen and oxygen atoms in total. The number of rotatable bonds is 8. The molecular formula is C16H24O4. The van der Waals surface area contributed by atoms with Gasteiger partial charge < -0.3 is 14.6 Å². The third-order valence-electron chi connectivity index (χ3n) is 4.26. The van der Waals surface area contributed by atoms with Crippen molar-refractivity contribution in [2.45, 2.75) is 50.7 Å². The normalized spacial score (nSPS) is 32.5. The fraction of sp³-hybridized carbons (Fsp3) is 0.688. The van der Waals surface area contributed by atoms with E-state index in [1.807, 2.05) is 0 Å². The predicted octanol–water partition coefficient (Wildman–Crippen LogP) is 3.14. The molecule has 0 aromatic carbocycles. The first-order valence-electron chi connectivity index (χ1n) is 7.44. The molecule has 2 rings (SSSR count). The third kappa shape index (κ3) is 3.85. The van der Waals surface area contributed by atoms with Gasteiger partial charge in [-0.05, 0) is 44.1 Å². The number of hydrogen-bond donors (Lipinski definition) is 1. The lowest BCUT2D eigenvalue weighted by molar-refractivity contribution is -0.137. The van der Waals surface area contributed by atoms with E-state index in [0.717, 1.165) is 19.3 Å². The summed E-state index contributed by atoms with van der Waals surface area (Å²) in [5, 5.41) is 8.57. The Morgan fingerprint density at radius 3 is 2.90 bits per heavy atom. The van der Waals surface area contributed by atoms with Crippen molar-refractivity contribution in [3.63, 3.8) is 0 Å². The molecule has 0 unspecified atom stereocenters. The van der Waals surface area contributed by atoms with Crippen LogP contribution in [0.3, 0.4) is 0 Å². The number of allylic oxidation sites excluding steroid dienone is 2. The zero-order chi connectivity index (χ0) is 14.4. The molecule has 0 aromatic heterocycles. The maximum absolute atomic E-state index is 10.4. The summed E-state index contributed by atoms with van der Waals surface area (Å²) >= 11 is 0. The Morgan fingerprint density at radius 1 is 1.35 bits per heavy atom. The number of hydrogen-bond acceptors (Lipinski definition) is 3. The molecule has 2 aliphatic heterocycles. The second-order valence-corrected chi connectivity index (χ2v) is 5.59. The van der Waals surface area contributed by atoms with E-state index in [4.69, 9.17) is 14.6 Å². The Bertz CT molecular complexity index is 375. The van der Waals surface area contributed by atoms with E-state index >= 15 is 0 Å². The maximum Gasteiger partial charge on any atom is 0.303 e. The van der Waals surface area contributed by atoms with Gasteiger partial charge in [-0.3, -0.25) is 4.79 Å². The number of carbonyl (C=O) groups is 1. The van der Waals surface area contributed by atoms with Gasteiger partial charge in [-0.25, -0.2) is 0 Å². The Labute approximate surface area is 120 Å². The second-order valence-electron chi connectivity index (χ2n) is 5.59. The third-order valence-corrected chi connectivity index (χ3v) is 4.26. The van der Waals surface area contributed by atoms with Gasteiger partial charge in [0.25, 0.3) is 0 Å². The minimum Gasteiger partial charge on any atom is -0.505 e. The monoisotopic (exact) mass is 280 g/mol. The molecule has 112 valence electrons. The molecule has 2 heterocycles. The molecule has 2 saturated heterocycles.